The van der Waals surface area contributed by atoms with Gasteiger partial charge in [0.05, 0.1) is 36.2 Å². The number of phosphoric acid groups is 1. The zero-order valence-corrected chi connectivity index (χ0v) is 41.9. The third-order valence-electron chi connectivity index (χ3n) is 14.4. The van der Waals surface area contributed by atoms with Gasteiger partial charge in [-0.3, -0.25) is 23.7 Å². The summed E-state index contributed by atoms with van der Waals surface area (Å²) in [4.78, 5) is 119. The third kappa shape index (κ3) is 10.6. The highest BCUT2D eigenvalue weighted by Gasteiger charge is 2.79. The van der Waals surface area contributed by atoms with Gasteiger partial charge in [0, 0.05) is 37.7 Å². The normalized spacial score (nSPS) is 28.9. The van der Waals surface area contributed by atoms with Crippen molar-refractivity contribution in [2.45, 2.75) is 115 Å². The molecule has 0 radical (unpaired) electrons. The number of phosphoric ester groups is 1. The summed E-state index contributed by atoms with van der Waals surface area (Å²) in [5.74, 6) is -7.58. The van der Waals surface area contributed by atoms with Crippen LogP contribution in [-0.2, 0) is 66.2 Å². The number of Topliss-reactive ketones (excluding diaryl/α,β-unsaturated/α-hetero) is 1. The van der Waals surface area contributed by atoms with Crippen molar-refractivity contribution in [2.24, 2.45) is 16.7 Å². The third-order valence-corrected chi connectivity index (χ3v) is 14.8. The predicted molar refractivity (Wildman–Crippen MR) is 250 cm³/mol. The lowest BCUT2D eigenvalue weighted by molar-refractivity contribution is -0.350. The average molecular weight is 1040 g/mol. The monoisotopic (exact) mass is 1040 g/mol. The summed E-state index contributed by atoms with van der Waals surface area (Å²) in [5, 5.41) is 16.8. The van der Waals surface area contributed by atoms with E-state index in [-0.39, 0.29) is 40.9 Å². The average Bonchev–Trinajstić information content (AvgIpc) is 3.33. The van der Waals surface area contributed by atoms with Gasteiger partial charge in [0.15, 0.2) is 24.3 Å². The maximum absolute atomic E-state index is 16.1. The molecule has 2 unspecified atom stereocenters. The van der Waals surface area contributed by atoms with Crippen LogP contribution in [0.4, 0.5) is 4.79 Å². The number of carbonyl (C=O) groups is 7. The number of fused-ring (bicyclic) bond motifs is 5. The number of aliphatic hydroxyl groups is 1. The Labute approximate surface area is 420 Å². The number of esters is 4. The Morgan fingerprint density at radius 3 is 2.07 bits per heavy atom. The highest BCUT2D eigenvalue weighted by atomic mass is 31.2. The Bertz CT molecular complexity index is 2680. The molecule has 4 N–H and O–H groups in total. The highest BCUT2D eigenvalue weighted by molar-refractivity contribution is 7.46. The molecule has 7 rings (SSSR count). The van der Waals surface area contributed by atoms with E-state index >= 15 is 9.59 Å². The summed E-state index contributed by atoms with van der Waals surface area (Å²) < 4.78 is 64.3. The number of ether oxygens (including phenoxy) is 8. The molecular weight excluding hydrogens is 980 g/mol. The van der Waals surface area contributed by atoms with E-state index < -0.39 is 140 Å². The van der Waals surface area contributed by atoms with Crippen LogP contribution in [0.1, 0.15) is 93.6 Å². The first-order valence-corrected chi connectivity index (χ1v) is 24.9. The summed E-state index contributed by atoms with van der Waals surface area (Å²) in [6.07, 6.45) is -12.7. The van der Waals surface area contributed by atoms with Crippen molar-refractivity contribution in [3.63, 3.8) is 0 Å². The summed E-state index contributed by atoms with van der Waals surface area (Å²) in [7, 11) is -5.19. The van der Waals surface area contributed by atoms with Crippen LogP contribution in [0.25, 0.3) is 0 Å². The summed E-state index contributed by atoms with van der Waals surface area (Å²) in [6, 6.07) is 22.1. The molecule has 73 heavy (non-hydrogen) atoms. The number of carbonyl (C=O) groups excluding carboxylic acids is 7. The molecule has 1 heterocycles. The fourth-order valence-electron chi connectivity index (χ4n) is 10.9. The van der Waals surface area contributed by atoms with Crippen molar-refractivity contribution in [3.8, 4) is 0 Å². The molecule has 3 fully saturated rings. The Hall–Kier alpha value is -6.32. The number of nitrogens with one attached hydrogen (secondary N) is 1. The molecule has 1 aliphatic heterocycles. The minimum Gasteiger partial charge on any atom is -0.455 e. The van der Waals surface area contributed by atoms with Gasteiger partial charge >= 0.3 is 37.9 Å². The SMILES string of the molecule is CCOC(=O)O[C@@H](C(=O)O[C@H]1C[C@@]2(O)C(OC(=O)c3ccccc3)C3[C@](C)(C(=O)[C@H](OC(C)=O)C(=C1C)C2(C)C)[C@@H](OCOP(=O)(O)O)C[C@H]1OC[C@@]31OC(C)=O)[C@@H](N[14C](=O)c1ccccc1)c1ccccc1. The largest absolute Gasteiger partial charge is 0.509 e. The second-order valence-electron chi connectivity index (χ2n) is 19.0. The van der Waals surface area contributed by atoms with Gasteiger partial charge in [-0.2, -0.15) is 0 Å². The lowest BCUT2D eigenvalue weighted by Gasteiger charge is -2.67. The summed E-state index contributed by atoms with van der Waals surface area (Å²) >= 11 is 0. The lowest BCUT2D eigenvalue weighted by Crippen LogP contribution is -2.82. The first kappa shape index (κ1) is 54.5. The van der Waals surface area contributed by atoms with Crippen LogP contribution in [0.15, 0.2) is 102 Å². The van der Waals surface area contributed by atoms with Crippen molar-refractivity contribution in [1.29, 1.82) is 0 Å². The Morgan fingerprint density at radius 1 is 0.890 bits per heavy atom. The predicted octanol–water partition coefficient (Wildman–Crippen LogP) is 5.01. The van der Waals surface area contributed by atoms with Crippen LogP contribution in [0, 0.1) is 16.7 Å². The van der Waals surface area contributed by atoms with Gasteiger partial charge < -0.3 is 58.1 Å². The van der Waals surface area contributed by atoms with Crippen molar-refractivity contribution >= 4 is 49.5 Å². The zero-order valence-electron chi connectivity index (χ0n) is 41.0. The Morgan fingerprint density at radius 2 is 1.51 bits per heavy atom. The number of benzene rings is 3. The molecule has 1 saturated heterocycles. The number of hydrogen-bond acceptors (Lipinski definition) is 18. The molecule has 3 aliphatic carbocycles. The van der Waals surface area contributed by atoms with Crippen LogP contribution in [0.5, 0.6) is 0 Å². The van der Waals surface area contributed by atoms with Crippen molar-refractivity contribution in [1.82, 2.24) is 5.32 Å². The van der Waals surface area contributed by atoms with E-state index in [4.69, 9.17) is 37.9 Å². The molecule has 2 saturated carbocycles. The van der Waals surface area contributed by atoms with Gasteiger partial charge in [-0.1, -0.05) is 80.6 Å². The van der Waals surface area contributed by atoms with Gasteiger partial charge in [0.25, 0.3) is 5.91 Å². The quantitative estimate of drug-likeness (QED) is 0.0482. The van der Waals surface area contributed by atoms with E-state index in [1.54, 1.807) is 66.7 Å². The van der Waals surface area contributed by atoms with E-state index in [2.05, 4.69) is 9.84 Å². The van der Waals surface area contributed by atoms with Crippen LogP contribution < -0.4 is 5.32 Å². The van der Waals surface area contributed by atoms with E-state index in [0.29, 0.717) is 0 Å². The maximum Gasteiger partial charge on any atom is 0.509 e. The first-order valence-electron chi connectivity index (χ1n) is 23.4. The molecule has 21 nitrogen and oxygen atoms in total. The highest BCUT2D eigenvalue weighted by Crippen LogP contribution is 2.65. The second kappa shape index (κ2) is 21.3. The topological polar surface area (TPSA) is 292 Å². The zero-order chi connectivity index (χ0) is 53.3. The Balaban J connectivity index is 1.45. The van der Waals surface area contributed by atoms with E-state index in [1.165, 1.54) is 58.9 Å². The summed E-state index contributed by atoms with van der Waals surface area (Å²) in [6.45, 7) is 7.68. The fourth-order valence-corrected chi connectivity index (χ4v) is 11.1. The fraction of sp³-hybridized carbons (Fsp3) is 0.471. The molecule has 22 heteroatoms. The van der Waals surface area contributed by atoms with Gasteiger partial charge in [-0.05, 0) is 61.7 Å². The molecule has 1 amide bonds. The van der Waals surface area contributed by atoms with Gasteiger partial charge in [0.2, 0.25) is 6.10 Å². The minimum absolute atomic E-state index is 0.0208. The number of rotatable bonds is 16. The van der Waals surface area contributed by atoms with Crippen molar-refractivity contribution in [3.05, 3.63) is 119 Å². The van der Waals surface area contributed by atoms with Crippen molar-refractivity contribution < 1.29 is 95.4 Å². The molecule has 392 valence electrons. The molecule has 0 spiro atoms. The van der Waals surface area contributed by atoms with E-state index in [1.807, 2.05) is 0 Å². The van der Waals surface area contributed by atoms with E-state index in [9.17, 15) is 43.4 Å². The first-order chi connectivity index (χ1) is 34.4. The number of hydrogen-bond donors (Lipinski definition) is 4. The van der Waals surface area contributed by atoms with Gasteiger partial charge in [0.1, 0.15) is 30.0 Å². The van der Waals surface area contributed by atoms with Gasteiger partial charge in [-0.15, -0.1) is 0 Å². The minimum atomic E-state index is -5.19. The number of ketones is 1. The van der Waals surface area contributed by atoms with Crippen LogP contribution >= 0.6 is 7.82 Å². The molecule has 0 aromatic heterocycles. The maximum atomic E-state index is 16.1. The second-order valence-corrected chi connectivity index (χ2v) is 20.2. The molecule has 11 atom stereocenters. The van der Waals surface area contributed by atoms with Crippen LogP contribution in [0.3, 0.4) is 0 Å². The molecule has 3 aromatic carbocycles. The lowest BCUT2D eigenvalue weighted by atomic mass is 9.44. The van der Waals surface area contributed by atoms with Gasteiger partial charge in [-0.25, -0.2) is 18.9 Å². The van der Waals surface area contributed by atoms with Crippen molar-refractivity contribution in [2.75, 3.05) is 20.0 Å². The molecule has 4 aliphatic rings. The Kier molecular flexibility index (Phi) is 15.9. The smallest absolute Gasteiger partial charge is 0.455 e. The van der Waals surface area contributed by atoms with E-state index in [0.717, 1.165) is 13.8 Å². The molecular formula is C51H58NO20P. The summed E-state index contributed by atoms with van der Waals surface area (Å²) in [5.41, 5.74) is -8.19. The molecule has 3 aromatic rings. The van der Waals surface area contributed by atoms with Crippen LogP contribution in [-0.4, -0.2) is 124 Å². The number of amides is 1. The molecule has 2 bridgehead atoms. The van der Waals surface area contributed by atoms with Crippen LogP contribution in [0.2, 0.25) is 0 Å². The standard InChI is InChI=1S/C51H58NO20P/c1-8-64-47(59)70-40(38(31-18-12-9-13-19-31)52-44(56)32-20-14-10-15-21-32)46(58)69-34-25-51(60)43(71-45(57)33-22-16-11-17-23-33)41-49(7,42(55)39(68-29(3)53)37(28(34)2)48(51,5)6)35(66-27-67-73(61,62)63)24-36-50(41,26-65-36)72-30(4)54/h9-23,34-36,38-41,43,60H,8,24-27H2,1-7H3,(H,52,56)(H2,61,62,63)/t34-,35-,36+,38-,39+,40+,41?,43?,49+,50-,51+/m0/s1/i44+2.